The summed E-state index contributed by atoms with van der Waals surface area (Å²) in [6, 6.07) is 14.1. The number of rotatable bonds is 12. The van der Waals surface area contributed by atoms with Crippen LogP contribution in [-0.4, -0.2) is 87.0 Å². The SMILES string of the molecule is COc1ccc(S(=O)(=O)N(C[C@H]2CCC(=O)N2)C[C@@H](O)[C@H](Cc2ccccc2)NC(=O)O[C@H]2CC[C@H]3OCC[C@@H]23)cc1. The molecule has 2 heterocycles. The smallest absolute Gasteiger partial charge is 0.407 e. The molecule has 6 atom stereocenters. The van der Waals surface area contributed by atoms with Crippen LogP contribution in [0.4, 0.5) is 4.79 Å². The summed E-state index contributed by atoms with van der Waals surface area (Å²) in [4.78, 5) is 25.0. The molecule has 0 radical (unpaired) electrons. The van der Waals surface area contributed by atoms with Crippen molar-refractivity contribution in [3.05, 3.63) is 60.2 Å². The van der Waals surface area contributed by atoms with E-state index in [4.69, 9.17) is 14.2 Å². The lowest BCUT2D eigenvalue weighted by atomic mass is 10.0. The fourth-order valence-electron chi connectivity index (χ4n) is 6.11. The maximum Gasteiger partial charge on any atom is 0.407 e. The largest absolute Gasteiger partial charge is 0.497 e. The van der Waals surface area contributed by atoms with Crippen LogP contribution in [0.3, 0.4) is 0 Å². The van der Waals surface area contributed by atoms with Crippen molar-refractivity contribution in [3.63, 3.8) is 0 Å². The molecule has 3 N–H and O–H groups in total. The molecule has 228 valence electrons. The Hall–Kier alpha value is -3.19. The highest BCUT2D eigenvalue weighted by Gasteiger charge is 2.43. The van der Waals surface area contributed by atoms with Gasteiger partial charge in [-0.25, -0.2) is 13.2 Å². The Morgan fingerprint density at radius 3 is 2.57 bits per heavy atom. The van der Waals surface area contributed by atoms with Gasteiger partial charge in [-0.15, -0.1) is 0 Å². The van der Waals surface area contributed by atoms with E-state index in [0.29, 0.717) is 25.2 Å². The Labute approximate surface area is 246 Å². The second kappa shape index (κ2) is 13.4. The summed E-state index contributed by atoms with van der Waals surface area (Å²) in [6.45, 7) is 0.331. The van der Waals surface area contributed by atoms with Gasteiger partial charge in [-0.05, 0) is 61.9 Å². The quantitative estimate of drug-likeness (QED) is 0.336. The molecule has 1 saturated carbocycles. The molecule has 3 aliphatic rings. The lowest BCUT2D eigenvalue weighted by Crippen LogP contribution is -2.52. The van der Waals surface area contributed by atoms with Crippen LogP contribution in [0.25, 0.3) is 0 Å². The Kier molecular flexibility index (Phi) is 9.67. The summed E-state index contributed by atoms with van der Waals surface area (Å²) in [5.74, 6) is 0.530. The number of carbonyl (C=O) groups is 2. The maximum absolute atomic E-state index is 13.8. The molecule has 0 bridgehead atoms. The number of alkyl carbamates (subject to hydrolysis) is 1. The van der Waals surface area contributed by atoms with Crippen LogP contribution in [0.15, 0.2) is 59.5 Å². The zero-order valence-corrected chi connectivity index (χ0v) is 24.5. The Balaban J connectivity index is 1.34. The van der Waals surface area contributed by atoms with Crippen molar-refractivity contribution in [2.45, 2.75) is 73.8 Å². The number of methoxy groups -OCH3 is 1. The van der Waals surface area contributed by atoms with E-state index in [9.17, 15) is 23.1 Å². The van der Waals surface area contributed by atoms with Crippen LogP contribution < -0.4 is 15.4 Å². The third-order valence-corrected chi connectivity index (χ3v) is 10.2. The van der Waals surface area contributed by atoms with Crippen molar-refractivity contribution in [1.29, 1.82) is 0 Å². The molecule has 2 aromatic rings. The highest BCUT2D eigenvalue weighted by Crippen LogP contribution is 2.37. The number of hydrogen-bond acceptors (Lipinski definition) is 8. The molecule has 2 amide bonds. The first-order chi connectivity index (χ1) is 20.2. The number of aliphatic hydroxyl groups excluding tert-OH is 1. The van der Waals surface area contributed by atoms with Crippen molar-refractivity contribution >= 4 is 22.0 Å². The minimum atomic E-state index is -4.08. The number of sulfonamides is 1. The van der Waals surface area contributed by atoms with Crippen LogP contribution in [0.5, 0.6) is 5.75 Å². The van der Waals surface area contributed by atoms with Gasteiger partial charge in [0, 0.05) is 38.1 Å². The second-order valence-corrected chi connectivity index (χ2v) is 13.1. The Bertz CT molecular complexity index is 1320. The first kappa shape index (κ1) is 30.3. The molecular weight excluding hydrogens is 562 g/mol. The molecule has 2 aliphatic heterocycles. The minimum absolute atomic E-state index is 0.0230. The van der Waals surface area contributed by atoms with Gasteiger partial charge < -0.3 is 30.0 Å². The van der Waals surface area contributed by atoms with E-state index in [2.05, 4.69) is 10.6 Å². The molecule has 1 aliphatic carbocycles. The number of carbonyl (C=O) groups excluding carboxylic acids is 2. The highest BCUT2D eigenvalue weighted by atomic mass is 32.2. The van der Waals surface area contributed by atoms with Gasteiger partial charge >= 0.3 is 6.09 Å². The van der Waals surface area contributed by atoms with Crippen molar-refractivity contribution in [1.82, 2.24) is 14.9 Å². The van der Waals surface area contributed by atoms with Gasteiger partial charge in [0.2, 0.25) is 15.9 Å². The predicted molar refractivity (Wildman–Crippen MR) is 153 cm³/mol. The summed E-state index contributed by atoms with van der Waals surface area (Å²) >= 11 is 0. The maximum atomic E-state index is 13.8. The number of nitrogens with zero attached hydrogens (tertiary/aromatic N) is 1. The minimum Gasteiger partial charge on any atom is -0.497 e. The van der Waals surface area contributed by atoms with Crippen LogP contribution in [0, 0.1) is 5.92 Å². The average Bonchev–Trinajstić information content (AvgIpc) is 3.72. The van der Waals surface area contributed by atoms with Gasteiger partial charge in [0.1, 0.15) is 11.9 Å². The number of benzene rings is 2. The summed E-state index contributed by atoms with van der Waals surface area (Å²) < 4.78 is 45.5. The molecule has 3 fully saturated rings. The van der Waals surface area contributed by atoms with E-state index in [1.165, 1.54) is 23.5 Å². The highest BCUT2D eigenvalue weighted by molar-refractivity contribution is 7.89. The standard InChI is InChI=1S/C30H39N3O8S/c1-39-22-8-10-23(11-9-22)42(37,38)33(18-21-7-14-29(35)31-21)19-26(34)25(17-20-5-3-2-4-6-20)32-30(36)41-28-13-12-27-24(28)15-16-40-27/h2-6,8-11,21,24-28,34H,7,12-19H2,1H3,(H,31,35)(H,32,36)/t21-,24-,25+,26-,27-,28+/m1/s1. The van der Waals surface area contributed by atoms with E-state index >= 15 is 0 Å². The fourth-order valence-corrected chi connectivity index (χ4v) is 7.62. The Morgan fingerprint density at radius 1 is 1.12 bits per heavy atom. The molecular formula is C30H39N3O8S. The van der Waals surface area contributed by atoms with Gasteiger partial charge in [-0.2, -0.15) is 4.31 Å². The molecule has 2 saturated heterocycles. The molecule has 2 aromatic carbocycles. The number of hydrogen-bond donors (Lipinski definition) is 3. The molecule has 5 rings (SSSR count). The average molecular weight is 602 g/mol. The van der Waals surface area contributed by atoms with E-state index < -0.39 is 34.3 Å². The number of nitrogens with one attached hydrogen (secondary N) is 2. The van der Waals surface area contributed by atoms with Crippen molar-refractivity contribution in [3.8, 4) is 5.75 Å². The predicted octanol–water partition coefficient (Wildman–Crippen LogP) is 2.23. The molecule has 42 heavy (non-hydrogen) atoms. The van der Waals surface area contributed by atoms with E-state index in [1.807, 2.05) is 30.3 Å². The van der Waals surface area contributed by atoms with Crippen LogP contribution in [0.2, 0.25) is 0 Å². The van der Waals surface area contributed by atoms with Gasteiger partial charge in [0.15, 0.2) is 0 Å². The second-order valence-electron chi connectivity index (χ2n) is 11.2. The van der Waals surface area contributed by atoms with Crippen LogP contribution in [-0.2, 0) is 30.7 Å². The van der Waals surface area contributed by atoms with Crippen molar-refractivity contribution in [2.24, 2.45) is 5.92 Å². The zero-order chi connectivity index (χ0) is 29.7. The van der Waals surface area contributed by atoms with E-state index in [1.54, 1.807) is 12.1 Å². The lowest BCUT2D eigenvalue weighted by Gasteiger charge is -2.31. The first-order valence-corrected chi connectivity index (χ1v) is 15.9. The number of aliphatic hydroxyl groups is 1. The summed E-state index contributed by atoms with van der Waals surface area (Å²) in [5, 5.41) is 17.2. The number of ether oxygens (including phenoxy) is 3. The van der Waals surface area contributed by atoms with Crippen LogP contribution in [0.1, 0.15) is 37.7 Å². The Morgan fingerprint density at radius 2 is 1.88 bits per heavy atom. The van der Waals surface area contributed by atoms with Gasteiger partial charge in [0.05, 0.1) is 30.3 Å². The molecule has 0 aromatic heterocycles. The topological polar surface area (TPSA) is 144 Å². The third kappa shape index (κ3) is 7.23. The van der Waals surface area contributed by atoms with Gasteiger partial charge in [-0.1, -0.05) is 30.3 Å². The number of fused-ring (bicyclic) bond motifs is 1. The normalized spacial score (nSPS) is 25.1. The zero-order valence-electron chi connectivity index (χ0n) is 23.7. The van der Waals surface area contributed by atoms with E-state index in [0.717, 1.165) is 24.8 Å². The molecule has 11 nitrogen and oxygen atoms in total. The van der Waals surface area contributed by atoms with E-state index in [-0.39, 0.29) is 48.4 Å². The summed E-state index contributed by atoms with van der Waals surface area (Å²) in [6.07, 6.45) is 1.36. The van der Waals surface area contributed by atoms with Crippen LogP contribution >= 0.6 is 0 Å². The molecule has 12 heteroatoms. The fraction of sp³-hybridized carbons (Fsp3) is 0.533. The molecule has 0 spiro atoms. The first-order valence-electron chi connectivity index (χ1n) is 14.5. The number of amides is 2. The molecule has 0 unspecified atom stereocenters. The van der Waals surface area contributed by atoms with Crippen molar-refractivity contribution in [2.75, 3.05) is 26.8 Å². The summed E-state index contributed by atoms with van der Waals surface area (Å²) in [5.41, 5.74) is 0.861. The van der Waals surface area contributed by atoms with Crippen molar-refractivity contribution < 1.29 is 37.3 Å². The van der Waals surface area contributed by atoms with Gasteiger partial charge in [0.25, 0.3) is 0 Å². The monoisotopic (exact) mass is 601 g/mol. The summed E-state index contributed by atoms with van der Waals surface area (Å²) in [7, 11) is -2.59. The lowest BCUT2D eigenvalue weighted by molar-refractivity contribution is -0.119. The third-order valence-electron chi connectivity index (χ3n) is 8.40. The van der Waals surface area contributed by atoms with Gasteiger partial charge in [-0.3, -0.25) is 4.79 Å².